The Morgan fingerprint density at radius 1 is 1.29 bits per heavy atom. The van der Waals surface area contributed by atoms with E-state index in [0.29, 0.717) is 37.0 Å². The summed E-state index contributed by atoms with van der Waals surface area (Å²) in [5, 5.41) is 11.8. The number of pyridine rings is 1. The van der Waals surface area contributed by atoms with Crippen molar-refractivity contribution in [2.75, 3.05) is 39.8 Å². The van der Waals surface area contributed by atoms with Crippen LogP contribution in [0, 0.1) is 0 Å². The number of carbonyl (C=O) groups is 2. The van der Waals surface area contributed by atoms with Crippen molar-refractivity contribution in [1.82, 2.24) is 19.1 Å². The molecule has 2 aromatic rings. The van der Waals surface area contributed by atoms with E-state index in [9.17, 15) is 14.7 Å². The van der Waals surface area contributed by atoms with Crippen LogP contribution in [0.1, 0.15) is 0 Å². The smallest absolute Gasteiger partial charge is 0.247 e. The lowest BCUT2D eigenvalue weighted by Crippen LogP contribution is -2.57. The first kappa shape index (κ1) is 23.2. The van der Waals surface area contributed by atoms with Gasteiger partial charge in [0.2, 0.25) is 17.7 Å². The number of rotatable bonds is 7. The van der Waals surface area contributed by atoms with Crippen LogP contribution in [0.15, 0.2) is 48.0 Å². The normalized spacial score (nSPS) is 15.0. The Bertz CT molecular complexity index is 977. The quantitative estimate of drug-likeness (QED) is 0.290. The molecule has 1 aromatic heterocycles. The van der Waals surface area contributed by atoms with E-state index < -0.39 is 18.0 Å². The molecule has 0 aliphatic carbocycles. The van der Waals surface area contributed by atoms with Crippen LogP contribution in [0.2, 0.25) is 0 Å². The number of methoxy groups -OCH3 is 1. The summed E-state index contributed by atoms with van der Waals surface area (Å²) in [6.45, 7) is 5.08. The lowest BCUT2D eigenvalue weighted by atomic mass is 9.71. The van der Waals surface area contributed by atoms with E-state index in [0.717, 1.165) is 21.7 Å². The van der Waals surface area contributed by atoms with E-state index >= 15 is 0 Å². The van der Waals surface area contributed by atoms with Crippen LogP contribution >= 0.6 is 11.9 Å². The summed E-state index contributed by atoms with van der Waals surface area (Å²) in [6, 6.07) is 7.91. The molecular formula is C20H22B2N4O4S. The summed E-state index contributed by atoms with van der Waals surface area (Å²) in [7, 11) is 12.4. The van der Waals surface area contributed by atoms with E-state index in [1.165, 1.54) is 0 Å². The van der Waals surface area contributed by atoms with Crippen molar-refractivity contribution in [3.05, 3.63) is 43.1 Å². The van der Waals surface area contributed by atoms with Gasteiger partial charge in [-0.1, -0.05) is 12.6 Å². The molecule has 8 nitrogen and oxygen atoms in total. The van der Waals surface area contributed by atoms with Crippen LogP contribution in [-0.4, -0.2) is 97.1 Å². The molecule has 0 atom stereocenters. The Kier molecular flexibility index (Phi) is 7.30. The number of aliphatic hydroxyl groups is 1. The molecule has 31 heavy (non-hydrogen) atoms. The molecule has 1 aliphatic heterocycles. The zero-order valence-electron chi connectivity index (χ0n) is 17.2. The SMILES string of the molecule is [B]C([B])(O)N(CC(=O)N1CCN(Sc2cccc3c(OC)nccc23)CC1)C(=O)C=C. The van der Waals surface area contributed by atoms with E-state index in [2.05, 4.69) is 15.9 Å². The number of amides is 2. The van der Waals surface area contributed by atoms with Gasteiger partial charge in [-0.2, -0.15) is 0 Å². The minimum Gasteiger partial charge on any atom is -0.481 e. The number of piperazine rings is 1. The highest BCUT2D eigenvalue weighted by atomic mass is 32.2. The second-order valence-corrected chi connectivity index (χ2v) is 8.12. The van der Waals surface area contributed by atoms with Gasteiger partial charge in [0.05, 0.1) is 12.6 Å². The second-order valence-electron chi connectivity index (χ2n) is 6.98. The lowest BCUT2D eigenvalue weighted by Gasteiger charge is -2.38. The highest BCUT2D eigenvalue weighted by molar-refractivity contribution is 7.97. The largest absolute Gasteiger partial charge is 0.481 e. The van der Waals surface area contributed by atoms with Crippen molar-refractivity contribution in [1.29, 1.82) is 0 Å². The molecule has 2 heterocycles. The molecule has 0 bridgehead atoms. The maximum atomic E-state index is 12.6. The molecular weight excluding hydrogens is 414 g/mol. The standard InChI is InChI=1S/C20H22B2N4O4S/c1-3-17(27)26(20(21,22)29)13-18(28)24-9-11-25(12-10-24)31-16-6-4-5-15-14(16)7-8-23-19(15)30-2/h3-8,29H,1,9-13H2,2H3. The highest BCUT2D eigenvalue weighted by Gasteiger charge is 2.30. The van der Waals surface area contributed by atoms with Crippen LogP contribution in [0.25, 0.3) is 10.8 Å². The third-order valence-corrected chi connectivity index (χ3v) is 6.08. The number of ether oxygens (including phenoxy) is 1. The monoisotopic (exact) mass is 436 g/mol. The summed E-state index contributed by atoms with van der Waals surface area (Å²) in [5.74, 6) is -0.500. The van der Waals surface area contributed by atoms with Crippen molar-refractivity contribution in [3.8, 4) is 5.88 Å². The molecule has 1 saturated heterocycles. The van der Waals surface area contributed by atoms with E-state index in [1.807, 2.05) is 24.3 Å². The van der Waals surface area contributed by atoms with Gasteiger partial charge in [0.15, 0.2) is 0 Å². The Hall–Kier alpha value is -2.49. The molecule has 11 heteroatoms. The van der Waals surface area contributed by atoms with Crippen molar-refractivity contribution < 1.29 is 19.4 Å². The topological polar surface area (TPSA) is 86.2 Å². The highest BCUT2D eigenvalue weighted by Crippen LogP contribution is 2.33. The van der Waals surface area contributed by atoms with Gasteiger partial charge in [0.25, 0.3) is 0 Å². The van der Waals surface area contributed by atoms with Gasteiger partial charge < -0.3 is 19.6 Å². The minimum atomic E-state index is -2.44. The minimum absolute atomic E-state index is 0.352. The van der Waals surface area contributed by atoms with Crippen LogP contribution in [0.5, 0.6) is 5.88 Å². The molecule has 0 saturated carbocycles. The van der Waals surface area contributed by atoms with E-state index in [4.69, 9.17) is 20.4 Å². The number of nitrogens with zero attached hydrogens (tertiary/aromatic N) is 4. The average molecular weight is 436 g/mol. The zero-order valence-corrected chi connectivity index (χ0v) is 18.0. The average Bonchev–Trinajstić information content (AvgIpc) is 2.76. The number of hydrogen-bond donors (Lipinski definition) is 1. The first-order valence-electron chi connectivity index (χ1n) is 9.61. The van der Waals surface area contributed by atoms with Gasteiger partial charge in [-0.05, 0) is 36.2 Å². The molecule has 1 aromatic carbocycles. The zero-order chi connectivity index (χ0) is 22.6. The van der Waals surface area contributed by atoms with Crippen LogP contribution < -0.4 is 4.74 Å². The lowest BCUT2D eigenvalue weighted by molar-refractivity contribution is -0.145. The van der Waals surface area contributed by atoms with Gasteiger partial charge in [-0.3, -0.25) is 9.59 Å². The molecule has 0 spiro atoms. The maximum absolute atomic E-state index is 12.6. The molecule has 4 radical (unpaired) electrons. The predicted molar refractivity (Wildman–Crippen MR) is 121 cm³/mol. The van der Waals surface area contributed by atoms with Crippen molar-refractivity contribution in [2.45, 2.75) is 10.4 Å². The van der Waals surface area contributed by atoms with Crippen LogP contribution in [-0.2, 0) is 9.59 Å². The van der Waals surface area contributed by atoms with Gasteiger partial charge in [-0.25, -0.2) is 9.29 Å². The fourth-order valence-electron chi connectivity index (χ4n) is 3.29. The fourth-order valence-corrected chi connectivity index (χ4v) is 4.33. The first-order valence-corrected chi connectivity index (χ1v) is 10.4. The molecule has 158 valence electrons. The summed E-state index contributed by atoms with van der Waals surface area (Å²) in [5.41, 5.74) is -2.44. The molecule has 0 unspecified atom stereocenters. The van der Waals surface area contributed by atoms with Crippen molar-refractivity contribution >= 4 is 50.2 Å². The molecule has 1 N–H and O–H groups in total. The maximum Gasteiger partial charge on any atom is 0.247 e. The Balaban J connectivity index is 1.62. The summed E-state index contributed by atoms with van der Waals surface area (Å²) in [4.78, 5) is 32.1. The number of aromatic nitrogens is 1. The van der Waals surface area contributed by atoms with Gasteiger partial charge in [-0.15, -0.1) is 0 Å². The van der Waals surface area contributed by atoms with Crippen LogP contribution in [0.4, 0.5) is 0 Å². The molecule has 1 aliphatic rings. The first-order chi connectivity index (χ1) is 14.7. The van der Waals surface area contributed by atoms with Gasteiger partial charge in [0, 0.05) is 48.0 Å². The van der Waals surface area contributed by atoms with E-state index in [1.54, 1.807) is 30.2 Å². The number of fused-ring (bicyclic) bond motifs is 1. The Morgan fingerprint density at radius 3 is 2.61 bits per heavy atom. The number of carbonyl (C=O) groups excluding carboxylic acids is 2. The molecule has 3 rings (SSSR count). The third kappa shape index (κ3) is 5.41. The Labute approximate surface area is 188 Å². The van der Waals surface area contributed by atoms with Crippen LogP contribution in [0.3, 0.4) is 0 Å². The summed E-state index contributed by atoms with van der Waals surface area (Å²) in [6.07, 6.45) is 2.66. The second kappa shape index (κ2) is 9.76. The predicted octanol–water partition coefficient (Wildman–Crippen LogP) is 0.350. The Morgan fingerprint density at radius 2 is 2.00 bits per heavy atom. The van der Waals surface area contributed by atoms with Gasteiger partial charge in [0.1, 0.15) is 22.2 Å². The number of hydrogen-bond acceptors (Lipinski definition) is 7. The number of benzene rings is 1. The third-order valence-electron chi connectivity index (χ3n) is 4.91. The van der Waals surface area contributed by atoms with Crippen molar-refractivity contribution in [2.24, 2.45) is 0 Å². The summed E-state index contributed by atoms with van der Waals surface area (Å²) < 4.78 is 7.51. The van der Waals surface area contributed by atoms with Gasteiger partial charge >= 0.3 is 0 Å². The van der Waals surface area contributed by atoms with Crippen molar-refractivity contribution in [3.63, 3.8) is 0 Å². The molecule has 2 amide bonds. The molecule has 1 fully saturated rings. The summed E-state index contributed by atoms with van der Waals surface area (Å²) >= 11 is 1.61. The fraction of sp³-hybridized carbons (Fsp3) is 0.350. The van der Waals surface area contributed by atoms with E-state index in [-0.39, 0.29) is 5.91 Å².